The lowest BCUT2D eigenvalue weighted by atomic mass is 10.1. The standard InChI is InChI=1S/C14H13N3S/c15-9-10-4-6-11(7-5-10)13-17-12-3-1-2-8-16-14(12)18-13/h4-7,16H,1-3,8H2. The summed E-state index contributed by atoms with van der Waals surface area (Å²) in [5.41, 5.74) is 2.97. The van der Waals surface area contributed by atoms with Crippen LogP contribution in [0.1, 0.15) is 24.1 Å². The van der Waals surface area contributed by atoms with Gasteiger partial charge in [-0.25, -0.2) is 4.98 Å². The minimum Gasteiger partial charge on any atom is -0.375 e. The van der Waals surface area contributed by atoms with Crippen LogP contribution in [0.2, 0.25) is 0 Å². The molecule has 90 valence electrons. The van der Waals surface area contributed by atoms with Crippen LogP contribution in [-0.4, -0.2) is 11.5 Å². The van der Waals surface area contributed by atoms with Gasteiger partial charge in [0.15, 0.2) is 0 Å². The molecule has 0 bridgehead atoms. The van der Waals surface area contributed by atoms with Crippen molar-refractivity contribution in [2.45, 2.75) is 19.3 Å². The number of aromatic nitrogens is 1. The van der Waals surface area contributed by atoms with Crippen molar-refractivity contribution in [3.05, 3.63) is 35.5 Å². The van der Waals surface area contributed by atoms with E-state index < -0.39 is 0 Å². The van der Waals surface area contributed by atoms with Crippen LogP contribution >= 0.6 is 11.3 Å². The number of fused-ring (bicyclic) bond motifs is 1. The number of hydrogen-bond acceptors (Lipinski definition) is 4. The lowest BCUT2D eigenvalue weighted by Crippen LogP contribution is -1.96. The van der Waals surface area contributed by atoms with E-state index in [1.54, 1.807) is 11.3 Å². The fourth-order valence-electron chi connectivity index (χ4n) is 2.09. The summed E-state index contributed by atoms with van der Waals surface area (Å²) in [6.07, 6.45) is 3.49. The van der Waals surface area contributed by atoms with Crippen molar-refractivity contribution in [2.75, 3.05) is 11.9 Å². The molecule has 1 aliphatic rings. The molecule has 2 aromatic rings. The molecule has 0 saturated heterocycles. The highest BCUT2D eigenvalue weighted by atomic mass is 32.1. The number of nitrogens with zero attached hydrogens (tertiary/aromatic N) is 2. The van der Waals surface area contributed by atoms with Crippen LogP contribution < -0.4 is 5.32 Å². The van der Waals surface area contributed by atoms with E-state index in [-0.39, 0.29) is 0 Å². The van der Waals surface area contributed by atoms with Gasteiger partial charge in [0.05, 0.1) is 17.3 Å². The van der Waals surface area contributed by atoms with Crippen molar-refractivity contribution in [2.24, 2.45) is 0 Å². The van der Waals surface area contributed by atoms with E-state index in [4.69, 9.17) is 10.2 Å². The number of anilines is 1. The molecule has 3 nitrogen and oxygen atoms in total. The SMILES string of the molecule is N#Cc1ccc(-c2nc3c(s2)NCCCC3)cc1. The average molecular weight is 255 g/mol. The van der Waals surface area contributed by atoms with Gasteiger partial charge in [-0.2, -0.15) is 5.26 Å². The topological polar surface area (TPSA) is 48.7 Å². The van der Waals surface area contributed by atoms with Crippen LogP contribution in [0.4, 0.5) is 5.00 Å². The first-order valence-electron chi connectivity index (χ1n) is 6.11. The number of nitrogens with one attached hydrogen (secondary N) is 1. The Bertz CT molecular complexity index is 569. The van der Waals surface area contributed by atoms with Crippen molar-refractivity contribution < 1.29 is 0 Å². The molecule has 0 radical (unpaired) electrons. The van der Waals surface area contributed by atoms with Crippen LogP contribution in [-0.2, 0) is 6.42 Å². The normalized spacial score (nSPS) is 14.2. The molecule has 18 heavy (non-hydrogen) atoms. The van der Waals surface area contributed by atoms with Crippen LogP contribution in [0.5, 0.6) is 0 Å². The lowest BCUT2D eigenvalue weighted by molar-refractivity contribution is 0.775. The Morgan fingerprint density at radius 2 is 2.06 bits per heavy atom. The van der Waals surface area contributed by atoms with Gasteiger partial charge in [0.2, 0.25) is 0 Å². The second kappa shape index (κ2) is 4.79. The van der Waals surface area contributed by atoms with Crippen LogP contribution in [0.3, 0.4) is 0 Å². The zero-order valence-corrected chi connectivity index (χ0v) is 10.8. The first-order chi connectivity index (χ1) is 8.86. The summed E-state index contributed by atoms with van der Waals surface area (Å²) in [4.78, 5) is 4.71. The van der Waals surface area contributed by atoms with E-state index in [2.05, 4.69) is 11.4 Å². The van der Waals surface area contributed by atoms with Crippen molar-refractivity contribution in [1.29, 1.82) is 5.26 Å². The highest BCUT2D eigenvalue weighted by Crippen LogP contribution is 2.34. The van der Waals surface area contributed by atoms with Crippen molar-refractivity contribution in [1.82, 2.24) is 4.98 Å². The number of rotatable bonds is 1. The number of nitriles is 1. The van der Waals surface area contributed by atoms with Gasteiger partial charge < -0.3 is 5.32 Å². The minimum atomic E-state index is 0.690. The molecule has 0 spiro atoms. The Kier molecular flexibility index (Phi) is 2.99. The minimum absolute atomic E-state index is 0.690. The second-order valence-corrected chi connectivity index (χ2v) is 5.37. The van der Waals surface area contributed by atoms with Crippen molar-refractivity contribution in [3.8, 4) is 16.6 Å². The molecule has 0 saturated carbocycles. The first kappa shape index (κ1) is 11.2. The van der Waals surface area contributed by atoms with E-state index in [9.17, 15) is 0 Å². The molecule has 0 fully saturated rings. The third kappa shape index (κ3) is 2.09. The van der Waals surface area contributed by atoms with E-state index in [1.165, 1.54) is 23.5 Å². The summed E-state index contributed by atoms with van der Waals surface area (Å²) in [5, 5.41) is 14.5. The van der Waals surface area contributed by atoms with E-state index in [0.717, 1.165) is 23.5 Å². The number of aryl methyl sites for hydroxylation is 1. The molecule has 1 aliphatic heterocycles. The van der Waals surface area contributed by atoms with Gasteiger partial charge >= 0.3 is 0 Å². The summed E-state index contributed by atoms with van der Waals surface area (Å²) in [5.74, 6) is 0. The number of hydrogen-bond donors (Lipinski definition) is 1. The summed E-state index contributed by atoms with van der Waals surface area (Å²) in [6, 6.07) is 9.76. The zero-order chi connectivity index (χ0) is 12.4. The predicted molar refractivity (Wildman–Crippen MR) is 73.7 cm³/mol. The Labute approximate surface area is 110 Å². The summed E-state index contributed by atoms with van der Waals surface area (Å²) < 4.78 is 0. The first-order valence-corrected chi connectivity index (χ1v) is 6.92. The number of thiazole rings is 1. The van der Waals surface area contributed by atoms with Crippen molar-refractivity contribution >= 4 is 16.3 Å². The number of benzene rings is 1. The molecule has 0 aliphatic carbocycles. The highest BCUT2D eigenvalue weighted by Gasteiger charge is 2.14. The molecular weight excluding hydrogens is 242 g/mol. The predicted octanol–water partition coefficient (Wildman–Crippen LogP) is 3.43. The fourth-order valence-corrected chi connectivity index (χ4v) is 3.13. The second-order valence-electron chi connectivity index (χ2n) is 4.37. The molecule has 1 aromatic heterocycles. The summed E-state index contributed by atoms with van der Waals surface area (Å²) >= 11 is 1.71. The third-order valence-corrected chi connectivity index (χ3v) is 4.19. The van der Waals surface area contributed by atoms with E-state index in [1.807, 2.05) is 24.3 Å². The fraction of sp³-hybridized carbons (Fsp3) is 0.286. The van der Waals surface area contributed by atoms with Gasteiger partial charge in [0.25, 0.3) is 0 Å². The Hall–Kier alpha value is -1.86. The van der Waals surface area contributed by atoms with Gasteiger partial charge in [0, 0.05) is 12.1 Å². The maximum atomic E-state index is 8.79. The molecule has 3 rings (SSSR count). The Balaban J connectivity index is 1.94. The van der Waals surface area contributed by atoms with Crippen LogP contribution in [0.15, 0.2) is 24.3 Å². The van der Waals surface area contributed by atoms with Gasteiger partial charge in [-0.15, -0.1) is 0 Å². The highest BCUT2D eigenvalue weighted by molar-refractivity contribution is 7.19. The van der Waals surface area contributed by atoms with Gasteiger partial charge in [-0.1, -0.05) is 23.5 Å². The monoisotopic (exact) mass is 255 g/mol. The van der Waals surface area contributed by atoms with Gasteiger partial charge in [0.1, 0.15) is 10.0 Å². The van der Waals surface area contributed by atoms with E-state index in [0.29, 0.717) is 5.56 Å². The maximum absolute atomic E-state index is 8.79. The quantitative estimate of drug-likeness (QED) is 0.849. The molecule has 0 atom stereocenters. The smallest absolute Gasteiger partial charge is 0.125 e. The van der Waals surface area contributed by atoms with Gasteiger partial charge in [-0.3, -0.25) is 0 Å². The molecule has 1 N–H and O–H groups in total. The summed E-state index contributed by atoms with van der Waals surface area (Å²) in [6.45, 7) is 1.04. The molecule has 1 aromatic carbocycles. The Morgan fingerprint density at radius 3 is 2.83 bits per heavy atom. The zero-order valence-electron chi connectivity index (χ0n) is 9.94. The van der Waals surface area contributed by atoms with Crippen molar-refractivity contribution in [3.63, 3.8) is 0 Å². The Morgan fingerprint density at radius 1 is 1.22 bits per heavy atom. The van der Waals surface area contributed by atoms with Crippen LogP contribution in [0.25, 0.3) is 10.6 Å². The maximum Gasteiger partial charge on any atom is 0.125 e. The third-order valence-electron chi connectivity index (χ3n) is 3.08. The molecular formula is C14H13N3S. The van der Waals surface area contributed by atoms with Crippen LogP contribution in [0, 0.1) is 11.3 Å². The molecule has 0 amide bonds. The largest absolute Gasteiger partial charge is 0.375 e. The molecule has 0 unspecified atom stereocenters. The molecule has 4 heteroatoms. The average Bonchev–Trinajstić information content (AvgIpc) is 2.70. The van der Waals surface area contributed by atoms with Gasteiger partial charge in [-0.05, 0) is 31.4 Å². The van der Waals surface area contributed by atoms with E-state index >= 15 is 0 Å². The molecule has 2 heterocycles. The summed E-state index contributed by atoms with van der Waals surface area (Å²) in [7, 11) is 0. The lowest BCUT2D eigenvalue weighted by Gasteiger charge is -1.98.